The van der Waals surface area contributed by atoms with Crippen molar-refractivity contribution in [1.82, 2.24) is 15.1 Å². The molecule has 1 aromatic carbocycles. The van der Waals surface area contributed by atoms with E-state index in [9.17, 15) is 9.59 Å². The molecule has 0 spiro atoms. The third kappa shape index (κ3) is 4.22. The summed E-state index contributed by atoms with van der Waals surface area (Å²) >= 11 is 0. The fraction of sp³-hybridized carbons (Fsp3) is 0.389. The molecular weight excluding hydrogens is 306 g/mol. The summed E-state index contributed by atoms with van der Waals surface area (Å²) in [4.78, 5) is 23.8. The molecule has 6 nitrogen and oxygen atoms in total. The van der Waals surface area contributed by atoms with Gasteiger partial charge in [0.05, 0.1) is 0 Å². The van der Waals surface area contributed by atoms with Gasteiger partial charge in [-0.25, -0.2) is 4.79 Å². The standard InChI is InChI=1S/C18H21N3O3/c22-16(19-12-11-14-7-3-1-4-8-14)13-21-18(23)24-17(20-21)15-9-5-2-6-10-15/h2,5-7,9-10H,1,3-4,8,11-13H2,(H,19,22). The second-order valence-electron chi connectivity index (χ2n) is 5.90. The molecule has 0 radical (unpaired) electrons. The molecule has 1 N–H and O–H groups in total. The first-order valence-electron chi connectivity index (χ1n) is 8.30. The SMILES string of the molecule is O=C(Cn1nc(-c2ccccc2)oc1=O)NCCC1=CCCCC1. The van der Waals surface area contributed by atoms with Crippen LogP contribution in [0, 0.1) is 0 Å². The van der Waals surface area contributed by atoms with Crippen molar-refractivity contribution in [3.63, 3.8) is 0 Å². The van der Waals surface area contributed by atoms with Gasteiger partial charge in [-0.15, -0.1) is 5.10 Å². The highest BCUT2D eigenvalue weighted by atomic mass is 16.4. The number of hydrogen-bond donors (Lipinski definition) is 1. The molecule has 0 saturated carbocycles. The van der Waals surface area contributed by atoms with Gasteiger partial charge in [0, 0.05) is 12.1 Å². The second-order valence-corrected chi connectivity index (χ2v) is 5.90. The lowest BCUT2D eigenvalue weighted by atomic mass is 9.97. The van der Waals surface area contributed by atoms with E-state index in [4.69, 9.17) is 4.42 Å². The highest BCUT2D eigenvalue weighted by Crippen LogP contribution is 2.19. The van der Waals surface area contributed by atoms with Crippen molar-refractivity contribution in [3.05, 3.63) is 52.5 Å². The minimum absolute atomic E-state index is 0.131. The smallest absolute Gasteiger partial charge is 0.388 e. The van der Waals surface area contributed by atoms with Gasteiger partial charge in [-0.1, -0.05) is 29.8 Å². The molecule has 3 rings (SSSR count). The van der Waals surface area contributed by atoms with Crippen molar-refractivity contribution >= 4 is 5.91 Å². The van der Waals surface area contributed by atoms with Crippen molar-refractivity contribution < 1.29 is 9.21 Å². The highest BCUT2D eigenvalue weighted by molar-refractivity contribution is 5.75. The Balaban J connectivity index is 1.54. The van der Waals surface area contributed by atoms with E-state index in [0.29, 0.717) is 12.1 Å². The lowest BCUT2D eigenvalue weighted by Gasteiger charge is -2.12. The van der Waals surface area contributed by atoms with Crippen molar-refractivity contribution in [2.75, 3.05) is 6.54 Å². The Hall–Kier alpha value is -2.63. The first-order valence-corrected chi connectivity index (χ1v) is 8.30. The van der Waals surface area contributed by atoms with Crippen LogP contribution in [0.25, 0.3) is 11.5 Å². The number of amides is 1. The number of aromatic nitrogens is 2. The molecule has 0 fully saturated rings. The first kappa shape index (κ1) is 16.2. The summed E-state index contributed by atoms with van der Waals surface area (Å²) in [5.74, 6) is -0.638. The topological polar surface area (TPSA) is 77.1 Å². The Labute approximate surface area is 140 Å². The zero-order valence-corrected chi connectivity index (χ0v) is 13.5. The Morgan fingerprint density at radius 3 is 2.83 bits per heavy atom. The summed E-state index contributed by atoms with van der Waals surface area (Å²) in [6.07, 6.45) is 7.89. The molecule has 1 heterocycles. The van der Waals surface area contributed by atoms with E-state index in [0.717, 1.165) is 23.9 Å². The minimum atomic E-state index is -0.626. The molecule has 1 aromatic heterocycles. The van der Waals surface area contributed by atoms with Gasteiger partial charge in [0.15, 0.2) is 0 Å². The maximum atomic E-state index is 12.0. The second kappa shape index (κ2) is 7.77. The van der Waals surface area contributed by atoms with Gasteiger partial charge < -0.3 is 9.73 Å². The number of allylic oxidation sites excluding steroid dienone is 1. The molecule has 1 amide bonds. The van der Waals surface area contributed by atoms with Crippen LogP contribution in [-0.4, -0.2) is 22.2 Å². The van der Waals surface area contributed by atoms with Crippen molar-refractivity contribution in [2.45, 2.75) is 38.6 Å². The van der Waals surface area contributed by atoms with E-state index < -0.39 is 5.76 Å². The number of benzene rings is 1. The summed E-state index contributed by atoms with van der Waals surface area (Å²) in [6, 6.07) is 9.14. The van der Waals surface area contributed by atoms with Crippen LogP contribution >= 0.6 is 0 Å². The summed E-state index contributed by atoms with van der Waals surface area (Å²) in [5, 5.41) is 6.92. The number of hydrogen-bond acceptors (Lipinski definition) is 4. The Morgan fingerprint density at radius 2 is 2.08 bits per heavy atom. The first-order chi connectivity index (χ1) is 11.7. The van der Waals surface area contributed by atoms with Gasteiger partial charge >= 0.3 is 5.76 Å². The number of rotatable bonds is 6. The van der Waals surface area contributed by atoms with Crippen LogP contribution in [0.4, 0.5) is 0 Å². The molecule has 1 aliphatic rings. The number of carbonyl (C=O) groups excluding carboxylic acids is 1. The Morgan fingerprint density at radius 1 is 1.25 bits per heavy atom. The third-order valence-electron chi connectivity index (χ3n) is 4.07. The normalized spacial score (nSPS) is 14.2. The summed E-state index contributed by atoms with van der Waals surface area (Å²) in [7, 11) is 0. The zero-order valence-electron chi connectivity index (χ0n) is 13.5. The van der Waals surface area contributed by atoms with Gasteiger partial charge in [0.1, 0.15) is 6.54 Å². The summed E-state index contributed by atoms with van der Waals surface area (Å²) in [5.41, 5.74) is 2.12. The summed E-state index contributed by atoms with van der Waals surface area (Å²) < 4.78 is 6.16. The molecule has 0 bridgehead atoms. The lowest BCUT2D eigenvalue weighted by Crippen LogP contribution is -2.32. The predicted molar refractivity (Wildman–Crippen MR) is 90.4 cm³/mol. The maximum absolute atomic E-state index is 12.0. The van der Waals surface area contributed by atoms with Crippen LogP contribution < -0.4 is 11.1 Å². The lowest BCUT2D eigenvalue weighted by molar-refractivity contribution is -0.121. The Bertz CT molecular complexity index is 774. The molecule has 0 atom stereocenters. The molecule has 24 heavy (non-hydrogen) atoms. The highest BCUT2D eigenvalue weighted by Gasteiger charge is 2.13. The zero-order chi connectivity index (χ0) is 16.8. The number of nitrogens with zero attached hydrogens (tertiary/aromatic N) is 2. The average molecular weight is 327 g/mol. The van der Waals surface area contributed by atoms with Crippen LogP contribution in [-0.2, 0) is 11.3 Å². The van der Waals surface area contributed by atoms with Crippen molar-refractivity contribution in [3.8, 4) is 11.5 Å². The van der Waals surface area contributed by atoms with Gasteiger partial charge in [-0.05, 0) is 44.2 Å². The quantitative estimate of drug-likeness (QED) is 0.827. The van der Waals surface area contributed by atoms with Crippen LogP contribution in [0.3, 0.4) is 0 Å². The number of nitrogens with one attached hydrogen (secondary N) is 1. The largest absolute Gasteiger partial charge is 0.437 e. The minimum Gasteiger partial charge on any atom is -0.388 e. The maximum Gasteiger partial charge on any atom is 0.437 e. The van der Waals surface area contributed by atoms with Gasteiger partial charge in [-0.2, -0.15) is 4.68 Å². The molecule has 2 aromatic rings. The van der Waals surface area contributed by atoms with E-state index in [1.807, 2.05) is 18.2 Å². The van der Waals surface area contributed by atoms with Gasteiger partial charge in [0.2, 0.25) is 11.8 Å². The van der Waals surface area contributed by atoms with E-state index in [1.165, 1.54) is 18.4 Å². The van der Waals surface area contributed by atoms with E-state index in [2.05, 4.69) is 16.5 Å². The summed E-state index contributed by atoms with van der Waals surface area (Å²) in [6.45, 7) is 0.455. The molecule has 6 heteroatoms. The fourth-order valence-corrected chi connectivity index (χ4v) is 2.79. The van der Waals surface area contributed by atoms with E-state index >= 15 is 0 Å². The van der Waals surface area contributed by atoms with Crippen molar-refractivity contribution in [1.29, 1.82) is 0 Å². The van der Waals surface area contributed by atoms with E-state index in [1.54, 1.807) is 12.1 Å². The molecular formula is C18H21N3O3. The fourth-order valence-electron chi connectivity index (χ4n) is 2.79. The van der Waals surface area contributed by atoms with E-state index in [-0.39, 0.29) is 18.3 Å². The van der Waals surface area contributed by atoms with Crippen molar-refractivity contribution in [2.24, 2.45) is 0 Å². The third-order valence-corrected chi connectivity index (χ3v) is 4.07. The number of carbonyl (C=O) groups is 1. The molecule has 0 unspecified atom stereocenters. The predicted octanol–water partition coefficient (Wildman–Crippen LogP) is 2.51. The Kier molecular flexibility index (Phi) is 5.25. The molecule has 126 valence electrons. The molecule has 1 aliphatic carbocycles. The van der Waals surface area contributed by atoms with Gasteiger partial charge in [0.25, 0.3) is 0 Å². The molecule has 0 aliphatic heterocycles. The van der Waals surface area contributed by atoms with Gasteiger partial charge in [-0.3, -0.25) is 4.79 Å². The van der Waals surface area contributed by atoms with Crippen LogP contribution in [0.15, 0.2) is 51.2 Å². The molecule has 0 saturated heterocycles. The van der Waals surface area contributed by atoms with Crippen LogP contribution in [0.5, 0.6) is 0 Å². The average Bonchev–Trinajstić information content (AvgIpc) is 2.97. The monoisotopic (exact) mass is 327 g/mol. The van der Waals surface area contributed by atoms with Crippen LogP contribution in [0.1, 0.15) is 32.1 Å². The van der Waals surface area contributed by atoms with Crippen LogP contribution in [0.2, 0.25) is 0 Å².